The number of aromatic hydroxyl groups is 1. The number of aromatic nitrogens is 1. The first-order chi connectivity index (χ1) is 14.3. The van der Waals surface area contributed by atoms with Gasteiger partial charge in [-0.05, 0) is 69.9 Å². The van der Waals surface area contributed by atoms with Crippen molar-refractivity contribution in [2.45, 2.75) is 51.7 Å². The Labute approximate surface area is 175 Å². The highest BCUT2D eigenvalue weighted by Crippen LogP contribution is 2.43. The number of carbonyl (C=O) groups excluding carboxylic acids is 1. The molecule has 1 saturated carbocycles. The number of amides is 1. The van der Waals surface area contributed by atoms with Gasteiger partial charge in [-0.2, -0.15) is 5.26 Å². The second-order valence-electron chi connectivity index (χ2n) is 8.70. The molecule has 1 aliphatic carbocycles. The molecule has 1 aliphatic rings. The molecule has 1 amide bonds. The molecular weight excluding hydrogens is 378 g/mol. The molecule has 1 heterocycles. The van der Waals surface area contributed by atoms with Gasteiger partial charge in [0, 0.05) is 23.2 Å². The number of nitriles is 1. The van der Waals surface area contributed by atoms with Crippen LogP contribution in [0.5, 0.6) is 5.75 Å². The smallest absolute Gasteiger partial charge is 0.412 e. The summed E-state index contributed by atoms with van der Waals surface area (Å²) in [5.41, 5.74) is 3.28. The van der Waals surface area contributed by atoms with E-state index in [1.807, 2.05) is 32.9 Å². The van der Waals surface area contributed by atoms with Crippen LogP contribution in [0.1, 0.15) is 51.6 Å². The molecule has 30 heavy (non-hydrogen) atoms. The van der Waals surface area contributed by atoms with E-state index in [1.54, 1.807) is 30.3 Å². The number of phenolic OH excluding ortho intramolecular Hbond substituents is 1. The number of ether oxygens (including phenoxy) is 1. The van der Waals surface area contributed by atoms with Crippen LogP contribution in [0.25, 0.3) is 22.2 Å². The highest BCUT2D eigenvalue weighted by atomic mass is 16.6. The van der Waals surface area contributed by atoms with E-state index in [0.717, 1.165) is 41.4 Å². The Kier molecular flexibility index (Phi) is 4.90. The zero-order valence-electron chi connectivity index (χ0n) is 17.4. The lowest BCUT2D eigenvalue weighted by Gasteiger charge is -2.30. The van der Waals surface area contributed by atoms with Crippen molar-refractivity contribution in [3.63, 3.8) is 0 Å². The summed E-state index contributed by atoms with van der Waals surface area (Å²) in [5, 5.41) is 23.5. The van der Waals surface area contributed by atoms with Gasteiger partial charge in [-0.15, -0.1) is 0 Å². The molecule has 154 valence electrons. The Balaban J connectivity index is 1.74. The maximum atomic E-state index is 12.0. The van der Waals surface area contributed by atoms with E-state index in [9.17, 15) is 15.2 Å². The number of anilines is 1. The summed E-state index contributed by atoms with van der Waals surface area (Å²) in [6.45, 7) is 5.45. The Hall–Kier alpha value is -3.46. The second-order valence-corrected chi connectivity index (χ2v) is 8.70. The molecule has 1 fully saturated rings. The van der Waals surface area contributed by atoms with Crippen molar-refractivity contribution in [1.29, 1.82) is 5.26 Å². The van der Waals surface area contributed by atoms with Crippen LogP contribution in [0.2, 0.25) is 0 Å². The van der Waals surface area contributed by atoms with Gasteiger partial charge in [0.15, 0.2) is 0 Å². The van der Waals surface area contributed by atoms with Gasteiger partial charge in [0.05, 0.1) is 16.8 Å². The van der Waals surface area contributed by atoms with Crippen molar-refractivity contribution in [1.82, 2.24) is 4.57 Å². The van der Waals surface area contributed by atoms with Crippen molar-refractivity contribution in [3.05, 3.63) is 48.0 Å². The third-order valence-electron chi connectivity index (χ3n) is 5.34. The average Bonchev–Trinajstić information content (AvgIpc) is 2.93. The molecule has 6 nitrogen and oxygen atoms in total. The minimum Gasteiger partial charge on any atom is -0.508 e. The lowest BCUT2D eigenvalue weighted by molar-refractivity contribution is 0.0636. The molecule has 0 aliphatic heterocycles. The second kappa shape index (κ2) is 7.42. The summed E-state index contributed by atoms with van der Waals surface area (Å²) in [6, 6.07) is 15.2. The van der Waals surface area contributed by atoms with E-state index in [-0.39, 0.29) is 5.75 Å². The molecule has 0 bridgehead atoms. The van der Waals surface area contributed by atoms with Crippen molar-refractivity contribution < 1.29 is 14.6 Å². The minimum atomic E-state index is -0.568. The van der Waals surface area contributed by atoms with Gasteiger partial charge >= 0.3 is 6.09 Å². The fraction of sp³-hybridized carbons (Fsp3) is 0.333. The SMILES string of the molecule is CC(C)(C)OC(=O)Nc1ccc(-c2c(C#N)c3ccc(O)cc3n2C2CCC2)cc1. The summed E-state index contributed by atoms with van der Waals surface area (Å²) >= 11 is 0. The number of nitrogens with zero attached hydrogens (tertiary/aromatic N) is 2. The van der Waals surface area contributed by atoms with Crippen LogP contribution in [-0.4, -0.2) is 21.4 Å². The minimum absolute atomic E-state index is 0.188. The predicted octanol–water partition coefficient (Wildman–Crippen LogP) is 5.96. The van der Waals surface area contributed by atoms with Gasteiger partial charge < -0.3 is 14.4 Å². The Bertz CT molecular complexity index is 1140. The topological polar surface area (TPSA) is 87.3 Å². The highest BCUT2D eigenvalue weighted by molar-refractivity contribution is 5.95. The first-order valence-electron chi connectivity index (χ1n) is 10.1. The van der Waals surface area contributed by atoms with E-state index in [1.165, 1.54) is 0 Å². The number of carbonyl (C=O) groups is 1. The molecule has 2 aromatic carbocycles. The molecule has 1 aromatic heterocycles. The monoisotopic (exact) mass is 403 g/mol. The lowest BCUT2D eigenvalue weighted by Crippen LogP contribution is -2.27. The van der Waals surface area contributed by atoms with Crippen LogP contribution >= 0.6 is 0 Å². The van der Waals surface area contributed by atoms with Gasteiger partial charge in [-0.3, -0.25) is 5.32 Å². The molecule has 0 saturated heterocycles. The van der Waals surface area contributed by atoms with Gasteiger partial charge in [-0.25, -0.2) is 4.79 Å². The van der Waals surface area contributed by atoms with Crippen LogP contribution < -0.4 is 5.32 Å². The summed E-state index contributed by atoms with van der Waals surface area (Å²) in [6.07, 6.45) is 2.75. The number of hydrogen-bond donors (Lipinski definition) is 2. The zero-order valence-corrected chi connectivity index (χ0v) is 17.4. The highest BCUT2D eigenvalue weighted by Gasteiger charge is 2.28. The van der Waals surface area contributed by atoms with Crippen molar-refractivity contribution >= 4 is 22.7 Å². The van der Waals surface area contributed by atoms with Crippen molar-refractivity contribution in [2.75, 3.05) is 5.32 Å². The first-order valence-corrected chi connectivity index (χ1v) is 10.1. The van der Waals surface area contributed by atoms with Gasteiger partial charge in [0.2, 0.25) is 0 Å². The van der Waals surface area contributed by atoms with E-state index >= 15 is 0 Å². The third-order valence-corrected chi connectivity index (χ3v) is 5.34. The normalized spacial score (nSPS) is 14.2. The number of rotatable bonds is 3. The number of hydrogen-bond acceptors (Lipinski definition) is 4. The fourth-order valence-electron chi connectivity index (χ4n) is 3.85. The number of fused-ring (bicyclic) bond motifs is 1. The predicted molar refractivity (Wildman–Crippen MR) is 116 cm³/mol. The number of benzene rings is 2. The Morgan fingerprint density at radius 3 is 2.47 bits per heavy atom. The molecular formula is C24H25N3O3. The molecule has 4 rings (SSSR count). The van der Waals surface area contributed by atoms with Gasteiger partial charge in [0.1, 0.15) is 17.4 Å². The molecule has 0 atom stereocenters. The van der Waals surface area contributed by atoms with Crippen LogP contribution in [0.3, 0.4) is 0 Å². The van der Waals surface area contributed by atoms with Gasteiger partial charge in [-0.1, -0.05) is 12.1 Å². The van der Waals surface area contributed by atoms with E-state index in [4.69, 9.17) is 4.74 Å². The molecule has 2 N–H and O–H groups in total. The van der Waals surface area contributed by atoms with E-state index < -0.39 is 11.7 Å². The molecule has 0 spiro atoms. The first kappa shape index (κ1) is 19.8. The quantitative estimate of drug-likeness (QED) is 0.565. The molecule has 0 unspecified atom stereocenters. The molecule has 6 heteroatoms. The average molecular weight is 403 g/mol. The number of nitrogens with one attached hydrogen (secondary N) is 1. The Morgan fingerprint density at radius 1 is 1.20 bits per heavy atom. The fourth-order valence-corrected chi connectivity index (χ4v) is 3.85. The maximum Gasteiger partial charge on any atom is 0.412 e. The summed E-state index contributed by atoms with van der Waals surface area (Å²) in [7, 11) is 0. The van der Waals surface area contributed by atoms with Crippen molar-refractivity contribution in [3.8, 4) is 23.1 Å². The van der Waals surface area contributed by atoms with Crippen LogP contribution in [0.15, 0.2) is 42.5 Å². The third kappa shape index (κ3) is 3.71. The largest absolute Gasteiger partial charge is 0.508 e. The maximum absolute atomic E-state index is 12.0. The molecule has 3 aromatic rings. The lowest BCUT2D eigenvalue weighted by atomic mass is 9.92. The zero-order chi connectivity index (χ0) is 21.5. The summed E-state index contributed by atoms with van der Waals surface area (Å²) < 4.78 is 7.48. The van der Waals surface area contributed by atoms with E-state index in [2.05, 4.69) is 16.0 Å². The van der Waals surface area contributed by atoms with Crippen molar-refractivity contribution in [2.24, 2.45) is 0 Å². The summed E-state index contributed by atoms with van der Waals surface area (Å²) in [4.78, 5) is 12.0. The standard InChI is InChI=1S/C24H25N3O3/c1-24(2,3)30-23(29)26-16-9-7-15(8-10-16)22-20(14-25)19-12-11-18(28)13-21(19)27(22)17-5-4-6-17/h7-13,17,28H,4-6H2,1-3H3,(H,26,29). The van der Waals surface area contributed by atoms with Gasteiger partial charge in [0.25, 0.3) is 0 Å². The van der Waals surface area contributed by atoms with E-state index in [0.29, 0.717) is 17.3 Å². The Morgan fingerprint density at radius 2 is 1.90 bits per heavy atom. The van der Waals surface area contributed by atoms with Crippen LogP contribution in [0, 0.1) is 11.3 Å². The number of phenols is 1. The summed E-state index contributed by atoms with van der Waals surface area (Å²) in [5.74, 6) is 0.188. The molecule has 0 radical (unpaired) electrons. The van der Waals surface area contributed by atoms with Crippen LogP contribution in [0.4, 0.5) is 10.5 Å². The van der Waals surface area contributed by atoms with Crippen LogP contribution in [-0.2, 0) is 4.74 Å².